The second-order valence-corrected chi connectivity index (χ2v) is 5.31. The number of halogens is 7. The van der Waals surface area contributed by atoms with Gasteiger partial charge in [-0.15, -0.1) is 0 Å². The van der Waals surface area contributed by atoms with E-state index < -0.39 is 40.7 Å². The quantitative estimate of drug-likeness (QED) is 0.355. The van der Waals surface area contributed by atoms with Crippen molar-refractivity contribution >= 4 is 34.8 Å². The number of carbonyl (C=O) groups is 1. The molecule has 0 bridgehead atoms. The Morgan fingerprint density at radius 3 is 1.83 bits per heavy atom. The molecule has 24 heavy (non-hydrogen) atoms. The maximum absolute atomic E-state index is 13.4. The van der Waals surface area contributed by atoms with E-state index in [2.05, 4.69) is 0 Å². The first-order chi connectivity index (χ1) is 11.2. The third kappa shape index (κ3) is 3.54. The fraction of sp³-hybridized carbons (Fsp3) is 0.0714. The Hall–Kier alpha value is -2.06. The Balaban J connectivity index is 2.16. The highest BCUT2D eigenvalue weighted by molar-refractivity contribution is 6.36. The zero-order valence-corrected chi connectivity index (χ0v) is 13.0. The molecule has 0 unspecified atom stereocenters. The van der Waals surface area contributed by atoms with Crippen molar-refractivity contribution in [3.63, 3.8) is 0 Å². The van der Waals surface area contributed by atoms with Gasteiger partial charge < -0.3 is 0 Å². The van der Waals surface area contributed by atoms with Crippen molar-refractivity contribution in [1.82, 2.24) is 5.43 Å². The van der Waals surface area contributed by atoms with Gasteiger partial charge in [0.15, 0.2) is 23.3 Å². The molecule has 0 fully saturated rings. The van der Waals surface area contributed by atoms with Crippen LogP contribution in [0.5, 0.6) is 0 Å². The SMILES string of the molecule is O=C(Cc1c(Cl)cccc1Cl)NNc1c(F)c(F)c(F)c(F)c1F. The first-order valence-corrected chi connectivity index (χ1v) is 6.98. The fourth-order valence-corrected chi connectivity index (χ4v) is 2.28. The van der Waals surface area contributed by atoms with Crippen LogP contribution in [0.15, 0.2) is 18.2 Å². The molecule has 2 aromatic carbocycles. The van der Waals surface area contributed by atoms with Crippen molar-refractivity contribution in [3.8, 4) is 0 Å². The normalized spacial score (nSPS) is 10.6. The predicted molar refractivity (Wildman–Crippen MR) is 78.2 cm³/mol. The summed E-state index contributed by atoms with van der Waals surface area (Å²) < 4.78 is 65.8. The van der Waals surface area contributed by atoms with Gasteiger partial charge in [-0.2, -0.15) is 0 Å². The molecule has 0 radical (unpaired) electrons. The first-order valence-electron chi connectivity index (χ1n) is 6.23. The minimum absolute atomic E-state index is 0.175. The number of anilines is 1. The van der Waals surface area contributed by atoms with Gasteiger partial charge in [0.25, 0.3) is 0 Å². The average molecular weight is 385 g/mol. The molecule has 0 aliphatic rings. The monoisotopic (exact) mass is 384 g/mol. The van der Waals surface area contributed by atoms with Gasteiger partial charge in [-0.3, -0.25) is 15.6 Å². The molecule has 0 saturated carbocycles. The Morgan fingerprint density at radius 2 is 1.33 bits per heavy atom. The van der Waals surface area contributed by atoms with E-state index in [1.807, 2.05) is 5.43 Å². The molecule has 2 N–H and O–H groups in total. The lowest BCUT2D eigenvalue weighted by atomic mass is 10.1. The minimum Gasteiger partial charge on any atom is -0.293 e. The molecule has 10 heteroatoms. The summed E-state index contributed by atoms with van der Waals surface area (Å²) in [5.74, 6) is -11.7. The summed E-state index contributed by atoms with van der Waals surface area (Å²) in [6.07, 6.45) is -0.388. The molecule has 0 aliphatic heterocycles. The molecule has 0 heterocycles. The molecule has 0 aliphatic carbocycles. The minimum atomic E-state index is -2.30. The van der Waals surface area contributed by atoms with Crippen LogP contribution in [0.2, 0.25) is 10.0 Å². The van der Waals surface area contributed by atoms with Crippen molar-refractivity contribution in [2.75, 3.05) is 5.43 Å². The lowest BCUT2D eigenvalue weighted by Gasteiger charge is -2.12. The van der Waals surface area contributed by atoms with E-state index in [0.717, 1.165) is 0 Å². The van der Waals surface area contributed by atoms with E-state index in [1.54, 1.807) is 11.5 Å². The molecule has 1 amide bonds. The van der Waals surface area contributed by atoms with Gasteiger partial charge in [0, 0.05) is 10.0 Å². The molecular weight excluding hydrogens is 378 g/mol. The van der Waals surface area contributed by atoms with E-state index >= 15 is 0 Å². The van der Waals surface area contributed by atoms with Crippen LogP contribution < -0.4 is 10.9 Å². The number of amides is 1. The second kappa shape index (κ2) is 7.23. The molecule has 0 saturated heterocycles. The third-order valence-corrected chi connectivity index (χ3v) is 3.64. The van der Waals surface area contributed by atoms with Crippen molar-refractivity contribution in [2.24, 2.45) is 0 Å². The van der Waals surface area contributed by atoms with E-state index in [9.17, 15) is 26.7 Å². The Kier molecular flexibility index (Phi) is 5.51. The highest BCUT2D eigenvalue weighted by Crippen LogP contribution is 2.27. The van der Waals surface area contributed by atoms with Gasteiger partial charge in [0.1, 0.15) is 5.69 Å². The molecule has 0 atom stereocenters. The molecule has 2 rings (SSSR count). The smallest absolute Gasteiger partial charge is 0.242 e. The van der Waals surface area contributed by atoms with E-state index in [1.165, 1.54) is 12.1 Å². The first kappa shape index (κ1) is 18.3. The van der Waals surface area contributed by atoms with E-state index in [0.29, 0.717) is 0 Å². The van der Waals surface area contributed by atoms with Gasteiger partial charge in [-0.25, -0.2) is 22.0 Å². The van der Waals surface area contributed by atoms with Crippen LogP contribution in [0, 0.1) is 29.1 Å². The van der Waals surface area contributed by atoms with Crippen LogP contribution in [-0.2, 0) is 11.2 Å². The highest BCUT2D eigenvalue weighted by Gasteiger charge is 2.26. The van der Waals surface area contributed by atoms with Gasteiger partial charge in [-0.05, 0) is 17.7 Å². The number of hydrogen-bond acceptors (Lipinski definition) is 2. The largest absolute Gasteiger partial charge is 0.293 e. The maximum atomic E-state index is 13.4. The zero-order valence-electron chi connectivity index (χ0n) is 11.5. The van der Waals surface area contributed by atoms with Crippen molar-refractivity contribution in [3.05, 3.63) is 62.9 Å². The third-order valence-electron chi connectivity index (χ3n) is 2.94. The highest BCUT2D eigenvalue weighted by atomic mass is 35.5. The van der Waals surface area contributed by atoms with Crippen molar-refractivity contribution in [1.29, 1.82) is 0 Å². The van der Waals surface area contributed by atoms with Gasteiger partial charge in [0.2, 0.25) is 11.7 Å². The number of nitrogens with one attached hydrogen (secondary N) is 2. The standard InChI is InChI=1S/C14H7Cl2F5N2O/c15-6-2-1-3-7(16)5(6)4-8(24)22-23-14-12(20)10(18)9(17)11(19)13(14)21/h1-3,23H,4H2,(H,22,24). The molecule has 3 nitrogen and oxygen atoms in total. The van der Waals surface area contributed by atoms with E-state index in [-0.39, 0.29) is 22.0 Å². The van der Waals surface area contributed by atoms with Crippen LogP contribution in [0.1, 0.15) is 5.56 Å². The summed E-state index contributed by atoms with van der Waals surface area (Å²) in [7, 11) is 0. The Labute approximate surface area is 142 Å². The topological polar surface area (TPSA) is 41.1 Å². The molecule has 0 aromatic heterocycles. The number of rotatable bonds is 4. The summed E-state index contributed by atoms with van der Waals surface area (Å²) in [6.45, 7) is 0. The Bertz CT molecular complexity index is 767. The molecule has 128 valence electrons. The van der Waals surface area contributed by atoms with Gasteiger partial charge in [-0.1, -0.05) is 29.3 Å². The van der Waals surface area contributed by atoms with Crippen molar-refractivity contribution in [2.45, 2.75) is 6.42 Å². The number of hydrazine groups is 1. The van der Waals surface area contributed by atoms with E-state index in [4.69, 9.17) is 23.2 Å². The maximum Gasteiger partial charge on any atom is 0.242 e. The van der Waals surface area contributed by atoms with Crippen LogP contribution in [0.3, 0.4) is 0 Å². The summed E-state index contributed by atoms with van der Waals surface area (Å²) in [4.78, 5) is 11.8. The number of carbonyl (C=O) groups excluding carboxylic acids is 1. The Morgan fingerprint density at radius 1 is 0.875 bits per heavy atom. The van der Waals surface area contributed by atoms with Gasteiger partial charge in [0.05, 0.1) is 6.42 Å². The second-order valence-electron chi connectivity index (χ2n) is 4.50. The van der Waals surface area contributed by atoms with Crippen LogP contribution in [0.4, 0.5) is 27.6 Å². The lowest BCUT2D eigenvalue weighted by Crippen LogP contribution is -2.32. The summed E-state index contributed by atoms with van der Waals surface area (Å²) in [5, 5.41) is 0.350. The number of hydrogen-bond donors (Lipinski definition) is 2. The lowest BCUT2D eigenvalue weighted by molar-refractivity contribution is -0.119. The van der Waals surface area contributed by atoms with Crippen LogP contribution in [-0.4, -0.2) is 5.91 Å². The summed E-state index contributed by atoms with van der Waals surface area (Å²) >= 11 is 11.7. The predicted octanol–water partition coefficient (Wildman–Crippen LogP) is 4.37. The summed E-state index contributed by atoms with van der Waals surface area (Å²) in [6, 6.07) is 4.47. The molecular formula is C14H7Cl2F5N2O. The fourth-order valence-electron chi connectivity index (χ4n) is 1.75. The van der Waals surface area contributed by atoms with Crippen molar-refractivity contribution < 1.29 is 26.7 Å². The average Bonchev–Trinajstić information content (AvgIpc) is 2.54. The van der Waals surface area contributed by atoms with Crippen LogP contribution in [0.25, 0.3) is 0 Å². The zero-order chi connectivity index (χ0) is 18.0. The van der Waals surface area contributed by atoms with Crippen LogP contribution >= 0.6 is 23.2 Å². The molecule has 2 aromatic rings. The van der Waals surface area contributed by atoms with Gasteiger partial charge >= 0.3 is 0 Å². The number of benzene rings is 2. The molecule has 0 spiro atoms. The summed E-state index contributed by atoms with van der Waals surface area (Å²) in [5.41, 5.74) is 2.33.